The van der Waals surface area contributed by atoms with Crippen LogP contribution in [0.25, 0.3) is 0 Å². The quantitative estimate of drug-likeness (QED) is 0.673. The van der Waals surface area contributed by atoms with Gasteiger partial charge in [0.15, 0.2) is 0 Å². The van der Waals surface area contributed by atoms with Crippen LogP contribution < -0.4 is 5.32 Å². The average Bonchev–Trinajstić information content (AvgIpc) is 2.51. The number of nitrogens with one attached hydrogen (secondary N) is 1. The van der Waals surface area contributed by atoms with Crippen molar-refractivity contribution in [1.82, 2.24) is 9.80 Å². The molecule has 3 heteroatoms. The summed E-state index contributed by atoms with van der Waals surface area (Å²) in [5, 5.41) is 3.51. The van der Waals surface area contributed by atoms with E-state index in [1.807, 2.05) is 0 Å². The molecule has 0 unspecified atom stereocenters. The Morgan fingerprint density at radius 3 is 1.95 bits per heavy atom. The lowest BCUT2D eigenvalue weighted by molar-refractivity contribution is 0.248. The first-order valence-electron chi connectivity index (χ1n) is 8.44. The Balaban J connectivity index is 2.20. The summed E-state index contributed by atoms with van der Waals surface area (Å²) in [7, 11) is 0. The maximum absolute atomic E-state index is 3.51. The highest BCUT2D eigenvalue weighted by molar-refractivity contribution is 5.44. The average molecular weight is 291 g/mol. The van der Waals surface area contributed by atoms with Crippen molar-refractivity contribution in [1.29, 1.82) is 0 Å². The smallest absolute Gasteiger partial charge is 0.0340 e. The van der Waals surface area contributed by atoms with Crippen LogP contribution in [0.5, 0.6) is 0 Å². The van der Waals surface area contributed by atoms with Crippen LogP contribution >= 0.6 is 0 Å². The van der Waals surface area contributed by atoms with E-state index in [0.717, 1.165) is 32.7 Å². The number of anilines is 1. The van der Waals surface area contributed by atoms with Gasteiger partial charge in [0.1, 0.15) is 0 Å². The van der Waals surface area contributed by atoms with Crippen LogP contribution in [0.15, 0.2) is 24.3 Å². The van der Waals surface area contributed by atoms with E-state index < -0.39 is 0 Å². The lowest BCUT2D eigenvalue weighted by atomic mass is 10.2. The van der Waals surface area contributed by atoms with Gasteiger partial charge in [0, 0.05) is 18.8 Å². The van der Waals surface area contributed by atoms with Gasteiger partial charge in [-0.25, -0.2) is 0 Å². The van der Waals surface area contributed by atoms with E-state index in [0.29, 0.717) is 0 Å². The van der Waals surface area contributed by atoms with E-state index in [9.17, 15) is 0 Å². The summed E-state index contributed by atoms with van der Waals surface area (Å²) < 4.78 is 0. The Hall–Kier alpha value is -1.06. The molecular weight excluding hydrogens is 258 g/mol. The Kier molecular flexibility index (Phi) is 9.11. The monoisotopic (exact) mass is 291 g/mol. The highest BCUT2D eigenvalue weighted by Gasteiger charge is 2.04. The second-order valence-electron chi connectivity index (χ2n) is 5.61. The first-order chi connectivity index (χ1) is 10.2. The second kappa shape index (κ2) is 10.6. The van der Waals surface area contributed by atoms with Gasteiger partial charge >= 0.3 is 0 Å². The lowest BCUT2D eigenvalue weighted by Gasteiger charge is -2.23. The van der Waals surface area contributed by atoms with Gasteiger partial charge in [-0.3, -0.25) is 0 Å². The van der Waals surface area contributed by atoms with Crippen molar-refractivity contribution in [3.63, 3.8) is 0 Å². The molecule has 1 aromatic carbocycles. The first kappa shape index (κ1) is 18.0. The molecule has 120 valence electrons. The largest absolute Gasteiger partial charge is 0.384 e. The molecule has 0 radical (unpaired) electrons. The molecule has 1 rings (SSSR count). The molecular formula is C18H33N3. The van der Waals surface area contributed by atoms with Crippen molar-refractivity contribution >= 4 is 5.69 Å². The van der Waals surface area contributed by atoms with Gasteiger partial charge in [-0.15, -0.1) is 0 Å². The molecule has 0 bridgehead atoms. The van der Waals surface area contributed by atoms with E-state index in [4.69, 9.17) is 0 Å². The molecule has 0 spiro atoms. The van der Waals surface area contributed by atoms with Gasteiger partial charge in [-0.05, 0) is 58.2 Å². The Morgan fingerprint density at radius 1 is 0.810 bits per heavy atom. The summed E-state index contributed by atoms with van der Waals surface area (Å²) >= 11 is 0. The topological polar surface area (TPSA) is 18.5 Å². The number of rotatable bonds is 11. The fraction of sp³-hybridized carbons (Fsp3) is 0.667. The molecule has 0 atom stereocenters. The van der Waals surface area contributed by atoms with Crippen molar-refractivity contribution in [3.05, 3.63) is 29.8 Å². The fourth-order valence-corrected chi connectivity index (χ4v) is 2.52. The van der Waals surface area contributed by atoms with Crippen LogP contribution in [0, 0.1) is 6.92 Å². The normalized spacial score (nSPS) is 11.3. The van der Waals surface area contributed by atoms with Crippen LogP contribution in [0.1, 0.15) is 32.8 Å². The Labute approximate surface area is 131 Å². The highest BCUT2D eigenvalue weighted by atomic mass is 15.1. The number of nitrogens with zero attached hydrogens (tertiary/aromatic N) is 2. The number of aryl methyl sites for hydroxylation is 1. The van der Waals surface area contributed by atoms with Crippen molar-refractivity contribution in [2.45, 2.75) is 34.1 Å². The molecule has 0 fully saturated rings. The van der Waals surface area contributed by atoms with Crippen LogP contribution in [-0.2, 0) is 0 Å². The van der Waals surface area contributed by atoms with Gasteiger partial charge in [-0.2, -0.15) is 0 Å². The molecule has 0 aliphatic carbocycles. The maximum Gasteiger partial charge on any atom is 0.0340 e. The Morgan fingerprint density at radius 2 is 1.38 bits per heavy atom. The van der Waals surface area contributed by atoms with Crippen LogP contribution in [-0.4, -0.2) is 55.6 Å². The number of benzene rings is 1. The number of hydrogen-bond acceptors (Lipinski definition) is 3. The SMILES string of the molecule is CCN(CC)CCCN(CC)CCNc1ccc(C)cc1. The summed E-state index contributed by atoms with van der Waals surface area (Å²) in [5.74, 6) is 0. The molecule has 3 nitrogen and oxygen atoms in total. The van der Waals surface area contributed by atoms with Gasteiger partial charge < -0.3 is 15.1 Å². The van der Waals surface area contributed by atoms with Crippen molar-refractivity contribution in [2.75, 3.05) is 51.1 Å². The molecule has 0 aromatic heterocycles. The van der Waals surface area contributed by atoms with Crippen LogP contribution in [0.4, 0.5) is 5.69 Å². The molecule has 1 N–H and O–H groups in total. The minimum atomic E-state index is 1.02. The summed E-state index contributed by atoms with van der Waals surface area (Å²) in [6.45, 7) is 16.9. The second-order valence-corrected chi connectivity index (χ2v) is 5.61. The molecule has 0 aliphatic heterocycles. The third kappa shape index (κ3) is 7.49. The summed E-state index contributed by atoms with van der Waals surface area (Å²) in [4.78, 5) is 5.03. The standard InChI is InChI=1S/C18H33N3/c1-5-20(6-2)14-8-15-21(7-3)16-13-19-18-11-9-17(4)10-12-18/h9-12,19H,5-8,13-16H2,1-4H3. The third-order valence-corrected chi connectivity index (χ3v) is 4.10. The lowest BCUT2D eigenvalue weighted by Crippen LogP contribution is -2.32. The van der Waals surface area contributed by atoms with E-state index in [1.54, 1.807) is 0 Å². The molecule has 0 heterocycles. The molecule has 0 aliphatic rings. The van der Waals surface area contributed by atoms with E-state index >= 15 is 0 Å². The van der Waals surface area contributed by atoms with E-state index in [2.05, 4.69) is 67.1 Å². The third-order valence-electron chi connectivity index (χ3n) is 4.10. The summed E-state index contributed by atoms with van der Waals surface area (Å²) in [5.41, 5.74) is 2.53. The number of likely N-dealkylation sites (N-methyl/N-ethyl adjacent to an activating group) is 1. The van der Waals surface area contributed by atoms with Crippen molar-refractivity contribution in [2.24, 2.45) is 0 Å². The Bertz CT molecular complexity index is 357. The zero-order valence-corrected chi connectivity index (χ0v) is 14.4. The fourth-order valence-electron chi connectivity index (χ4n) is 2.52. The first-order valence-corrected chi connectivity index (χ1v) is 8.44. The summed E-state index contributed by atoms with van der Waals surface area (Å²) in [6, 6.07) is 8.63. The number of hydrogen-bond donors (Lipinski definition) is 1. The van der Waals surface area contributed by atoms with Gasteiger partial charge in [0.2, 0.25) is 0 Å². The summed E-state index contributed by atoms with van der Waals surface area (Å²) in [6.07, 6.45) is 1.26. The molecule has 0 amide bonds. The minimum Gasteiger partial charge on any atom is -0.384 e. The van der Waals surface area contributed by atoms with Crippen LogP contribution in [0.2, 0.25) is 0 Å². The van der Waals surface area contributed by atoms with Gasteiger partial charge in [0.05, 0.1) is 0 Å². The van der Waals surface area contributed by atoms with Crippen molar-refractivity contribution < 1.29 is 0 Å². The minimum absolute atomic E-state index is 1.02. The zero-order chi connectivity index (χ0) is 15.5. The van der Waals surface area contributed by atoms with E-state index in [1.165, 1.54) is 30.8 Å². The predicted octanol–water partition coefficient (Wildman–Crippen LogP) is 3.46. The highest BCUT2D eigenvalue weighted by Crippen LogP contribution is 2.08. The molecule has 0 saturated heterocycles. The maximum atomic E-state index is 3.51. The predicted molar refractivity (Wildman–Crippen MR) is 94.2 cm³/mol. The molecule has 0 saturated carbocycles. The van der Waals surface area contributed by atoms with Crippen molar-refractivity contribution in [3.8, 4) is 0 Å². The van der Waals surface area contributed by atoms with E-state index in [-0.39, 0.29) is 0 Å². The van der Waals surface area contributed by atoms with Crippen LogP contribution in [0.3, 0.4) is 0 Å². The molecule has 1 aromatic rings. The molecule has 21 heavy (non-hydrogen) atoms. The van der Waals surface area contributed by atoms with Gasteiger partial charge in [0.25, 0.3) is 0 Å². The zero-order valence-electron chi connectivity index (χ0n) is 14.4. The van der Waals surface area contributed by atoms with Gasteiger partial charge in [-0.1, -0.05) is 38.5 Å².